The molecule has 1 aliphatic heterocycles. The van der Waals surface area contributed by atoms with Crippen molar-refractivity contribution in [3.63, 3.8) is 0 Å². The lowest BCUT2D eigenvalue weighted by Crippen LogP contribution is -2.44. The lowest BCUT2D eigenvalue weighted by atomic mass is 10.0. The summed E-state index contributed by atoms with van der Waals surface area (Å²) >= 11 is 1.41. The van der Waals surface area contributed by atoms with Crippen LogP contribution in [0.5, 0.6) is 5.88 Å². The average Bonchev–Trinajstić information content (AvgIpc) is 3.66. The average molecular weight is 670 g/mol. The number of hydrogen-bond acceptors (Lipinski definition) is 10. The minimum absolute atomic E-state index is 0.0775. The molecule has 0 aliphatic carbocycles. The van der Waals surface area contributed by atoms with Crippen molar-refractivity contribution in [2.75, 3.05) is 30.2 Å². The Bertz CT molecular complexity index is 2030. The molecule has 0 unspecified atom stereocenters. The molecule has 1 amide bonds. The van der Waals surface area contributed by atoms with Gasteiger partial charge in [0.15, 0.2) is 0 Å². The molecule has 0 spiro atoms. The summed E-state index contributed by atoms with van der Waals surface area (Å²) in [5.74, 6) is -2.65. The first-order valence-electron chi connectivity index (χ1n) is 14.1. The van der Waals surface area contributed by atoms with Crippen molar-refractivity contribution in [1.82, 2.24) is 25.1 Å². The Morgan fingerprint density at radius 2 is 1.87 bits per heavy atom. The number of pyridine rings is 1. The van der Waals surface area contributed by atoms with Gasteiger partial charge in [-0.2, -0.15) is 5.10 Å². The van der Waals surface area contributed by atoms with Crippen LogP contribution in [0.3, 0.4) is 0 Å². The van der Waals surface area contributed by atoms with Gasteiger partial charge in [-0.05, 0) is 49.7 Å². The zero-order valence-corrected chi connectivity index (χ0v) is 26.5. The number of nitrogens with zero attached hydrogens (tertiary/aromatic N) is 4. The fourth-order valence-corrected chi connectivity index (χ4v) is 7.26. The van der Waals surface area contributed by atoms with Gasteiger partial charge < -0.3 is 14.8 Å². The monoisotopic (exact) mass is 669 g/mol. The van der Waals surface area contributed by atoms with Gasteiger partial charge in [0.05, 0.1) is 43.3 Å². The number of fused-ring (bicyclic) bond motifs is 1. The number of aromatic amines is 1. The largest absolute Gasteiger partial charge is 0.480 e. The molecule has 3 N–H and O–H groups in total. The molecule has 0 radical (unpaired) electrons. The Morgan fingerprint density at radius 1 is 1.11 bits per heavy atom. The molecule has 12 nitrogen and oxygen atoms in total. The van der Waals surface area contributed by atoms with Crippen LogP contribution in [0, 0.1) is 11.6 Å². The molecule has 4 heterocycles. The third kappa shape index (κ3) is 6.69. The van der Waals surface area contributed by atoms with Crippen molar-refractivity contribution >= 4 is 49.5 Å². The number of halogens is 2. The molecule has 46 heavy (non-hydrogen) atoms. The van der Waals surface area contributed by atoms with Gasteiger partial charge in [0.1, 0.15) is 32.9 Å². The van der Waals surface area contributed by atoms with Crippen molar-refractivity contribution in [3.8, 4) is 17.0 Å². The zero-order chi connectivity index (χ0) is 32.6. The van der Waals surface area contributed by atoms with E-state index in [2.05, 4.69) is 35.1 Å². The van der Waals surface area contributed by atoms with E-state index in [1.54, 1.807) is 23.7 Å². The van der Waals surface area contributed by atoms with Gasteiger partial charge in [0.25, 0.3) is 15.9 Å². The van der Waals surface area contributed by atoms with E-state index in [1.807, 2.05) is 13.8 Å². The van der Waals surface area contributed by atoms with E-state index in [4.69, 9.17) is 9.47 Å². The number of benzene rings is 2. The number of hydrogen-bond donors (Lipinski definition) is 3. The first-order valence-corrected chi connectivity index (χ1v) is 16.5. The summed E-state index contributed by atoms with van der Waals surface area (Å²) in [5.41, 5.74) is 2.20. The minimum atomic E-state index is -4.49. The molecular formula is C30H29F2N7O5S2. The number of nitrogens with one attached hydrogen (secondary N) is 3. The molecule has 5 aromatic rings. The number of carbonyl (C=O) groups is 1. The number of methoxy groups -OCH3 is 1. The van der Waals surface area contributed by atoms with E-state index in [9.17, 15) is 22.0 Å². The summed E-state index contributed by atoms with van der Waals surface area (Å²) < 4.78 is 67.1. The van der Waals surface area contributed by atoms with E-state index in [0.29, 0.717) is 40.3 Å². The number of sulfonamides is 1. The van der Waals surface area contributed by atoms with Crippen LogP contribution in [0.15, 0.2) is 59.1 Å². The molecule has 2 aromatic carbocycles. The van der Waals surface area contributed by atoms with Gasteiger partial charge in [-0.25, -0.2) is 27.2 Å². The number of thiazole rings is 1. The van der Waals surface area contributed by atoms with Crippen LogP contribution in [0.1, 0.15) is 29.3 Å². The summed E-state index contributed by atoms with van der Waals surface area (Å²) in [4.78, 5) is 23.6. The van der Waals surface area contributed by atoms with Crippen molar-refractivity contribution in [2.24, 2.45) is 0 Å². The Balaban J connectivity index is 1.26. The number of anilines is 2. The SMILES string of the molecule is COc1ncc(-c2cc(NC(=O)c3csc(CN4C[C@@H](C)O[C@@H](C)C4)n3)c3cn[nH]c3c2)cc1NS(=O)(=O)c1ccc(F)cc1F. The summed E-state index contributed by atoms with van der Waals surface area (Å²) in [6.45, 7) is 6.24. The Hall–Kier alpha value is -4.51. The molecule has 0 saturated carbocycles. The molecule has 6 rings (SSSR count). The first kappa shape index (κ1) is 31.5. The van der Waals surface area contributed by atoms with Gasteiger partial charge in [-0.15, -0.1) is 11.3 Å². The van der Waals surface area contributed by atoms with E-state index in [0.717, 1.165) is 30.2 Å². The number of carbonyl (C=O) groups excluding carboxylic acids is 1. The molecule has 240 valence electrons. The van der Waals surface area contributed by atoms with Gasteiger partial charge in [0.2, 0.25) is 5.88 Å². The van der Waals surface area contributed by atoms with Crippen molar-refractivity contribution in [2.45, 2.75) is 37.5 Å². The van der Waals surface area contributed by atoms with Crippen molar-refractivity contribution in [3.05, 3.63) is 76.5 Å². The molecule has 1 saturated heterocycles. The fourth-order valence-electron chi connectivity index (χ4n) is 5.34. The van der Waals surface area contributed by atoms with Gasteiger partial charge in [0, 0.05) is 41.7 Å². The molecule has 1 aliphatic rings. The van der Waals surface area contributed by atoms with Crippen LogP contribution in [0.2, 0.25) is 0 Å². The number of H-pyrrole nitrogens is 1. The van der Waals surface area contributed by atoms with Crippen molar-refractivity contribution < 1.29 is 31.5 Å². The van der Waals surface area contributed by atoms with E-state index in [1.165, 1.54) is 30.7 Å². The molecule has 16 heteroatoms. The molecule has 2 atom stereocenters. The van der Waals surface area contributed by atoms with Crippen LogP contribution >= 0.6 is 11.3 Å². The van der Waals surface area contributed by atoms with E-state index in [-0.39, 0.29) is 29.5 Å². The quantitative estimate of drug-likeness (QED) is 0.196. The number of rotatable bonds is 9. The predicted molar refractivity (Wildman–Crippen MR) is 168 cm³/mol. The smallest absolute Gasteiger partial charge is 0.275 e. The second-order valence-corrected chi connectivity index (χ2v) is 13.4. The second-order valence-electron chi connectivity index (χ2n) is 10.8. The van der Waals surface area contributed by atoms with Crippen LogP contribution in [0.25, 0.3) is 22.0 Å². The Morgan fingerprint density at radius 3 is 2.61 bits per heavy atom. The molecule has 3 aromatic heterocycles. The Labute approximate surface area is 266 Å². The maximum Gasteiger partial charge on any atom is 0.275 e. The highest BCUT2D eigenvalue weighted by Crippen LogP contribution is 2.34. The third-order valence-electron chi connectivity index (χ3n) is 7.25. The van der Waals surface area contributed by atoms with Gasteiger partial charge in [-0.1, -0.05) is 0 Å². The number of ether oxygens (including phenoxy) is 2. The van der Waals surface area contributed by atoms with Crippen LogP contribution in [-0.4, -0.2) is 71.8 Å². The number of morpholine rings is 1. The highest BCUT2D eigenvalue weighted by molar-refractivity contribution is 7.92. The summed E-state index contributed by atoms with van der Waals surface area (Å²) in [7, 11) is -3.19. The summed E-state index contributed by atoms with van der Waals surface area (Å²) in [6.07, 6.45) is 3.26. The Kier molecular flexibility index (Phi) is 8.69. The maximum atomic E-state index is 14.3. The van der Waals surface area contributed by atoms with E-state index < -0.39 is 32.5 Å². The topological polar surface area (TPSA) is 151 Å². The van der Waals surface area contributed by atoms with Crippen LogP contribution in [-0.2, 0) is 21.3 Å². The molecule has 0 bridgehead atoms. The maximum absolute atomic E-state index is 14.3. The lowest BCUT2D eigenvalue weighted by Gasteiger charge is -2.34. The minimum Gasteiger partial charge on any atom is -0.480 e. The first-order chi connectivity index (χ1) is 22.0. The molecular weight excluding hydrogens is 641 g/mol. The zero-order valence-electron chi connectivity index (χ0n) is 24.9. The highest BCUT2D eigenvalue weighted by Gasteiger charge is 2.25. The summed E-state index contributed by atoms with van der Waals surface area (Å²) in [6, 6.07) is 7.05. The predicted octanol–water partition coefficient (Wildman–Crippen LogP) is 5.03. The third-order valence-corrected chi connectivity index (χ3v) is 9.48. The van der Waals surface area contributed by atoms with Crippen molar-refractivity contribution in [1.29, 1.82) is 0 Å². The van der Waals surface area contributed by atoms with Gasteiger partial charge >= 0.3 is 0 Å². The normalized spacial score (nSPS) is 17.2. The highest BCUT2D eigenvalue weighted by atomic mass is 32.2. The summed E-state index contributed by atoms with van der Waals surface area (Å²) in [5, 5.41) is 13.1. The van der Waals surface area contributed by atoms with Crippen LogP contribution < -0.4 is 14.8 Å². The fraction of sp³-hybridized carbons (Fsp3) is 0.267. The second kappa shape index (κ2) is 12.7. The molecule has 1 fully saturated rings. The van der Waals surface area contributed by atoms with Crippen LogP contribution in [0.4, 0.5) is 20.2 Å². The number of amides is 1. The van der Waals surface area contributed by atoms with E-state index >= 15 is 0 Å². The van der Waals surface area contributed by atoms with Gasteiger partial charge in [-0.3, -0.25) is 19.5 Å². The standard InChI is InChI=1S/C30H29F2N7O5S2/c1-16-12-39(13-17(2)44-16)14-28-35-26(15-45-28)29(40)36-23-6-18(7-24-21(23)11-34-37-24)19-8-25(30(43-3)33-10-19)38-46(41,42)27-5-4-20(31)9-22(27)32/h4-11,15-17,38H,12-14H2,1-3H3,(H,34,37)(H,36,40)/t16-,17+. The lowest BCUT2D eigenvalue weighted by molar-refractivity contribution is -0.0705. The number of aromatic nitrogens is 4.